The summed E-state index contributed by atoms with van der Waals surface area (Å²) in [6.45, 7) is 2.86. The minimum atomic E-state index is 0.693. The van der Waals surface area contributed by atoms with Crippen molar-refractivity contribution in [3.63, 3.8) is 0 Å². The fraction of sp³-hybridized carbons (Fsp3) is 0.235. The minimum Gasteiger partial charge on any atom is -0.381 e. The maximum absolute atomic E-state index is 8.77. The molecule has 2 aromatic carbocycles. The van der Waals surface area contributed by atoms with E-state index in [2.05, 4.69) is 41.4 Å². The van der Waals surface area contributed by atoms with E-state index >= 15 is 0 Å². The summed E-state index contributed by atoms with van der Waals surface area (Å²) in [7, 11) is 4.10. The van der Waals surface area contributed by atoms with Gasteiger partial charge in [0.25, 0.3) is 0 Å². The summed E-state index contributed by atoms with van der Waals surface area (Å²) in [6.07, 6.45) is 0. The van der Waals surface area contributed by atoms with Gasteiger partial charge in [0.1, 0.15) is 0 Å². The van der Waals surface area contributed by atoms with Gasteiger partial charge in [0.05, 0.1) is 11.6 Å². The quantitative estimate of drug-likeness (QED) is 0.919. The maximum atomic E-state index is 8.77. The average molecular weight is 265 g/mol. The van der Waals surface area contributed by atoms with Crippen molar-refractivity contribution in [2.75, 3.05) is 24.3 Å². The first-order valence-electron chi connectivity index (χ1n) is 6.61. The van der Waals surface area contributed by atoms with Gasteiger partial charge in [0, 0.05) is 32.0 Å². The summed E-state index contributed by atoms with van der Waals surface area (Å²) in [4.78, 5) is 2.11. The molecular weight excluding hydrogens is 246 g/mol. The van der Waals surface area contributed by atoms with Crippen molar-refractivity contribution >= 4 is 11.4 Å². The molecule has 0 aliphatic heterocycles. The van der Waals surface area contributed by atoms with E-state index in [1.165, 1.54) is 11.3 Å². The molecule has 2 aromatic rings. The summed E-state index contributed by atoms with van der Waals surface area (Å²) in [5.74, 6) is 0. The predicted molar refractivity (Wildman–Crippen MR) is 84.0 cm³/mol. The zero-order valence-corrected chi connectivity index (χ0v) is 12.1. The Balaban J connectivity index is 2.07. The van der Waals surface area contributed by atoms with Gasteiger partial charge in [0.15, 0.2) is 0 Å². The number of hydrogen-bond acceptors (Lipinski definition) is 3. The van der Waals surface area contributed by atoms with E-state index in [4.69, 9.17) is 5.26 Å². The molecule has 0 aliphatic carbocycles. The Hall–Kier alpha value is -2.47. The second kappa shape index (κ2) is 6.12. The van der Waals surface area contributed by atoms with Crippen molar-refractivity contribution in [1.82, 2.24) is 0 Å². The Labute approximate surface area is 120 Å². The van der Waals surface area contributed by atoms with Gasteiger partial charge in [-0.1, -0.05) is 18.2 Å². The number of rotatable bonds is 4. The first kappa shape index (κ1) is 14.0. The van der Waals surface area contributed by atoms with Gasteiger partial charge in [-0.25, -0.2) is 0 Å². The zero-order valence-electron chi connectivity index (χ0n) is 12.1. The van der Waals surface area contributed by atoms with E-state index < -0.39 is 0 Å². The molecule has 20 heavy (non-hydrogen) atoms. The highest BCUT2D eigenvalue weighted by Gasteiger charge is 2.02. The molecule has 0 aliphatic rings. The molecule has 102 valence electrons. The summed E-state index contributed by atoms with van der Waals surface area (Å²) < 4.78 is 0. The van der Waals surface area contributed by atoms with Gasteiger partial charge < -0.3 is 10.2 Å². The molecule has 0 amide bonds. The molecule has 2 rings (SSSR count). The molecular formula is C17H19N3. The predicted octanol–water partition coefficient (Wildman–Crippen LogP) is 3.54. The lowest BCUT2D eigenvalue weighted by atomic mass is 10.1. The van der Waals surface area contributed by atoms with Crippen LogP contribution in [0.2, 0.25) is 0 Å². The number of aryl methyl sites for hydroxylation is 1. The van der Waals surface area contributed by atoms with Gasteiger partial charge in [-0.2, -0.15) is 5.26 Å². The lowest BCUT2D eigenvalue weighted by molar-refractivity contribution is 1.10. The molecule has 0 aromatic heterocycles. The molecule has 0 atom stereocenters. The zero-order chi connectivity index (χ0) is 14.5. The Morgan fingerprint density at radius 1 is 1.10 bits per heavy atom. The number of benzene rings is 2. The number of nitrogens with zero attached hydrogens (tertiary/aromatic N) is 2. The van der Waals surface area contributed by atoms with Gasteiger partial charge >= 0.3 is 0 Å². The summed E-state index contributed by atoms with van der Waals surface area (Å²) >= 11 is 0. The molecule has 0 unspecified atom stereocenters. The molecule has 0 heterocycles. The van der Waals surface area contributed by atoms with Crippen molar-refractivity contribution in [3.05, 3.63) is 59.2 Å². The van der Waals surface area contributed by atoms with Crippen molar-refractivity contribution < 1.29 is 0 Å². The van der Waals surface area contributed by atoms with Crippen LogP contribution in [0.1, 0.15) is 16.7 Å². The molecule has 0 saturated heterocycles. The van der Waals surface area contributed by atoms with Crippen LogP contribution in [0.25, 0.3) is 0 Å². The standard InChI is InChI=1S/C17H19N3/c1-13-4-9-16(10-17(13)20(2)3)19-12-15-7-5-14(11-18)6-8-15/h4-10,19H,12H2,1-3H3. The number of anilines is 2. The fourth-order valence-corrected chi connectivity index (χ4v) is 2.10. The highest BCUT2D eigenvalue weighted by Crippen LogP contribution is 2.22. The molecule has 0 saturated carbocycles. The topological polar surface area (TPSA) is 39.1 Å². The maximum Gasteiger partial charge on any atom is 0.0991 e. The molecule has 3 nitrogen and oxygen atoms in total. The van der Waals surface area contributed by atoms with Gasteiger partial charge in [-0.3, -0.25) is 0 Å². The minimum absolute atomic E-state index is 0.693. The van der Waals surface area contributed by atoms with Crippen molar-refractivity contribution in [3.8, 4) is 6.07 Å². The molecule has 0 radical (unpaired) electrons. The van der Waals surface area contributed by atoms with Crippen LogP contribution in [-0.4, -0.2) is 14.1 Å². The van der Waals surface area contributed by atoms with E-state index in [9.17, 15) is 0 Å². The monoisotopic (exact) mass is 265 g/mol. The third-order valence-corrected chi connectivity index (χ3v) is 3.27. The third kappa shape index (κ3) is 3.30. The largest absolute Gasteiger partial charge is 0.381 e. The second-order valence-corrected chi connectivity index (χ2v) is 5.06. The van der Waals surface area contributed by atoms with Crippen LogP contribution in [0.4, 0.5) is 11.4 Å². The highest BCUT2D eigenvalue weighted by atomic mass is 15.1. The fourth-order valence-electron chi connectivity index (χ4n) is 2.10. The summed E-state index contributed by atoms with van der Waals surface area (Å²) in [6, 6.07) is 16.1. The number of hydrogen-bond donors (Lipinski definition) is 1. The molecule has 0 spiro atoms. The van der Waals surface area contributed by atoms with Gasteiger partial charge in [0.2, 0.25) is 0 Å². The van der Waals surface area contributed by atoms with E-state index in [-0.39, 0.29) is 0 Å². The van der Waals surface area contributed by atoms with Crippen molar-refractivity contribution in [2.45, 2.75) is 13.5 Å². The van der Waals surface area contributed by atoms with Crippen LogP contribution < -0.4 is 10.2 Å². The van der Waals surface area contributed by atoms with Crippen LogP contribution in [0, 0.1) is 18.3 Å². The van der Waals surface area contributed by atoms with Crippen LogP contribution >= 0.6 is 0 Å². The van der Waals surface area contributed by atoms with Crippen LogP contribution in [0.15, 0.2) is 42.5 Å². The normalized spacial score (nSPS) is 9.90. The Kier molecular flexibility index (Phi) is 4.27. The SMILES string of the molecule is Cc1ccc(NCc2ccc(C#N)cc2)cc1N(C)C. The molecule has 0 bridgehead atoms. The Morgan fingerprint density at radius 3 is 2.40 bits per heavy atom. The summed E-state index contributed by atoms with van der Waals surface area (Å²) in [5, 5.41) is 12.2. The molecule has 1 N–H and O–H groups in total. The van der Waals surface area contributed by atoms with E-state index in [0.29, 0.717) is 5.56 Å². The highest BCUT2D eigenvalue weighted by molar-refractivity contribution is 5.61. The molecule has 3 heteroatoms. The van der Waals surface area contributed by atoms with E-state index in [1.54, 1.807) is 0 Å². The first-order chi connectivity index (χ1) is 9.60. The van der Waals surface area contributed by atoms with Crippen LogP contribution in [0.3, 0.4) is 0 Å². The number of nitrogens with one attached hydrogen (secondary N) is 1. The lowest BCUT2D eigenvalue weighted by Crippen LogP contribution is -2.10. The first-order valence-corrected chi connectivity index (χ1v) is 6.61. The smallest absolute Gasteiger partial charge is 0.0991 e. The molecule has 0 fully saturated rings. The van der Waals surface area contributed by atoms with Crippen LogP contribution in [0.5, 0.6) is 0 Å². The van der Waals surface area contributed by atoms with Crippen molar-refractivity contribution in [2.24, 2.45) is 0 Å². The lowest BCUT2D eigenvalue weighted by Gasteiger charge is -2.17. The van der Waals surface area contributed by atoms with Gasteiger partial charge in [-0.05, 0) is 42.3 Å². The van der Waals surface area contributed by atoms with E-state index in [0.717, 1.165) is 17.8 Å². The third-order valence-electron chi connectivity index (χ3n) is 3.27. The van der Waals surface area contributed by atoms with E-state index in [1.807, 2.05) is 38.4 Å². The second-order valence-electron chi connectivity index (χ2n) is 5.06. The number of nitriles is 1. The van der Waals surface area contributed by atoms with Gasteiger partial charge in [-0.15, -0.1) is 0 Å². The van der Waals surface area contributed by atoms with Crippen LogP contribution in [-0.2, 0) is 6.54 Å². The summed E-state index contributed by atoms with van der Waals surface area (Å²) in [5.41, 5.74) is 5.44. The van der Waals surface area contributed by atoms with Crippen molar-refractivity contribution in [1.29, 1.82) is 5.26 Å². The Bertz CT molecular complexity index is 622. The average Bonchev–Trinajstić information content (AvgIpc) is 2.46. The Morgan fingerprint density at radius 2 is 1.80 bits per heavy atom.